The van der Waals surface area contributed by atoms with Crippen molar-refractivity contribution in [3.63, 3.8) is 0 Å². The molecule has 0 aliphatic carbocycles. The van der Waals surface area contributed by atoms with Crippen molar-refractivity contribution in [3.8, 4) is 5.75 Å². The van der Waals surface area contributed by atoms with Crippen molar-refractivity contribution in [2.24, 2.45) is 0 Å². The van der Waals surface area contributed by atoms with Crippen LogP contribution in [0.3, 0.4) is 0 Å². The molecule has 6 nitrogen and oxygen atoms in total. The number of hydrogen-bond donors (Lipinski definition) is 1. The van der Waals surface area contributed by atoms with Gasteiger partial charge in [0.15, 0.2) is 0 Å². The zero-order valence-electron chi connectivity index (χ0n) is 10.4. The first-order valence-electron chi connectivity index (χ1n) is 5.64. The SMILES string of the molecule is COC(=O)c1ccccc1OC(=O)CCCC(=O)O. The Morgan fingerprint density at radius 2 is 1.84 bits per heavy atom. The fourth-order valence-electron chi connectivity index (χ4n) is 1.39. The number of esters is 2. The lowest BCUT2D eigenvalue weighted by molar-refractivity contribution is -0.137. The van der Waals surface area contributed by atoms with Crippen LogP contribution in [0.15, 0.2) is 24.3 Å². The maximum absolute atomic E-state index is 11.5. The van der Waals surface area contributed by atoms with Crippen LogP contribution in [0, 0.1) is 0 Å². The summed E-state index contributed by atoms with van der Waals surface area (Å²) in [6, 6.07) is 6.19. The van der Waals surface area contributed by atoms with Crippen LogP contribution in [0.1, 0.15) is 29.6 Å². The van der Waals surface area contributed by atoms with Crippen molar-refractivity contribution in [2.75, 3.05) is 7.11 Å². The molecule has 6 heteroatoms. The minimum Gasteiger partial charge on any atom is -0.481 e. The Morgan fingerprint density at radius 3 is 2.47 bits per heavy atom. The monoisotopic (exact) mass is 266 g/mol. The zero-order chi connectivity index (χ0) is 14.3. The molecule has 0 aromatic heterocycles. The van der Waals surface area contributed by atoms with Crippen LogP contribution in [0.2, 0.25) is 0 Å². The number of carboxylic acid groups (broad SMARTS) is 1. The maximum atomic E-state index is 11.5. The number of rotatable bonds is 6. The first-order chi connectivity index (χ1) is 9.04. The van der Waals surface area contributed by atoms with Gasteiger partial charge in [-0.25, -0.2) is 4.79 Å². The second kappa shape index (κ2) is 7.15. The first-order valence-corrected chi connectivity index (χ1v) is 5.64. The highest BCUT2D eigenvalue weighted by Crippen LogP contribution is 2.19. The summed E-state index contributed by atoms with van der Waals surface area (Å²) < 4.78 is 9.58. The number of benzene rings is 1. The third-order valence-corrected chi connectivity index (χ3v) is 2.29. The van der Waals surface area contributed by atoms with E-state index in [1.165, 1.54) is 19.2 Å². The molecule has 0 unspecified atom stereocenters. The predicted octanol–water partition coefficient (Wildman–Crippen LogP) is 1.63. The molecule has 0 radical (unpaired) electrons. The smallest absolute Gasteiger partial charge is 0.341 e. The van der Waals surface area contributed by atoms with E-state index in [0.717, 1.165) is 0 Å². The van der Waals surface area contributed by atoms with Gasteiger partial charge in [-0.05, 0) is 18.6 Å². The van der Waals surface area contributed by atoms with E-state index >= 15 is 0 Å². The van der Waals surface area contributed by atoms with Gasteiger partial charge in [-0.15, -0.1) is 0 Å². The molecule has 0 fully saturated rings. The van der Waals surface area contributed by atoms with Crippen LogP contribution in [0.25, 0.3) is 0 Å². The summed E-state index contributed by atoms with van der Waals surface area (Å²) in [6.07, 6.45) is 0.0596. The van der Waals surface area contributed by atoms with E-state index in [4.69, 9.17) is 9.84 Å². The van der Waals surface area contributed by atoms with Gasteiger partial charge in [-0.2, -0.15) is 0 Å². The van der Waals surface area contributed by atoms with Crippen molar-refractivity contribution < 1.29 is 29.0 Å². The van der Waals surface area contributed by atoms with E-state index in [1.807, 2.05) is 0 Å². The van der Waals surface area contributed by atoms with Gasteiger partial charge in [0, 0.05) is 12.8 Å². The van der Waals surface area contributed by atoms with E-state index in [2.05, 4.69) is 4.74 Å². The highest BCUT2D eigenvalue weighted by molar-refractivity contribution is 5.93. The summed E-state index contributed by atoms with van der Waals surface area (Å²) in [5.41, 5.74) is 0.150. The minimum absolute atomic E-state index is 0.0260. The summed E-state index contributed by atoms with van der Waals surface area (Å²) in [7, 11) is 1.23. The Morgan fingerprint density at radius 1 is 1.16 bits per heavy atom. The van der Waals surface area contributed by atoms with Crippen molar-refractivity contribution >= 4 is 17.9 Å². The van der Waals surface area contributed by atoms with Crippen molar-refractivity contribution in [1.82, 2.24) is 0 Å². The standard InChI is InChI=1S/C13H14O6/c1-18-13(17)9-5-2-3-6-10(9)19-12(16)8-4-7-11(14)15/h2-3,5-6H,4,7-8H2,1H3,(H,14,15). The highest BCUT2D eigenvalue weighted by Gasteiger charge is 2.15. The molecule has 0 aliphatic rings. The zero-order valence-corrected chi connectivity index (χ0v) is 10.4. The van der Waals surface area contributed by atoms with Crippen LogP contribution in [0.5, 0.6) is 5.75 Å². The molecule has 0 saturated heterocycles. The highest BCUT2D eigenvalue weighted by atomic mass is 16.5. The topological polar surface area (TPSA) is 89.9 Å². The van der Waals surface area contributed by atoms with Gasteiger partial charge in [0.05, 0.1) is 7.11 Å². The molecule has 102 valence electrons. The Balaban J connectivity index is 2.64. The van der Waals surface area contributed by atoms with Crippen LogP contribution in [-0.4, -0.2) is 30.1 Å². The Labute approximate surface area is 109 Å². The quantitative estimate of drug-likeness (QED) is 0.621. The molecule has 1 aromatic carbocycles. The molecule has 0 spiro atoms. The molecule has 0 bridgehead atoms. The van der Waals surface area contributed by atoms with Crippen molar-refractivity contribution in [1.29, 1.82) is 0 Å². The number of hydrogen-bond acceptors (Lipinski definition) is 5. The van der Waals surface area contributed by atoms with E-state index < -0.39 is 17.9 Å². The predicted molar refractivity (Wildman–Crippen MR) is 64.9 cm³/mol. The third-order valence-electron chi connectivity index (χ3n) is 2.29. The fourth-order valence-corrected chi connectivity index (χ4v) is 1.39. The fraction of sp³-hybridized carbons (Fsp3) is 0.308. The Kier molecular flexibility index (Phi) is 5.53. The molecular weight excluding hydrogens is 252 g/mol. The molecule has 19 heavy (non-hydrogen) atoms. The molecule has 1 aromatic rings. The van der Waals surface area contributed by atoms with Gasteiger partial charge >= 0.3 is 17.9 Å². The number of ether oxygens (including phenoxy) is 2. The van der Waals surface area contributed by atoms with Gasteiger partial charge in [0.1, 0.15) is 11.3 Å². The van der Waals surface area contributed by atoms with Gasteiger partial charge in [0.25, 0.3) is 0 Å². The minimum atomic E-state index is -0.970. The van der Waals surface area contributed by atoms with Crippen LogP contribution >= 0.6 is 0 Å². The average Bonchev–Trinajstić information content (AvgIpc) is 2.38. The molecular formula is C13H14O6. The summed E-state index contributed by atoms with van der Waals surface area (Å²) in [6.45, 7) is 0. The van der Waals surface area contributed by atoms with E-state index in [-0.39, 0.29) is 30.6 Å². The van der Waals surface area contributed by atoms with Crippen molar-refractivity contribution in [3.05, 3.63) is 29.8 Å². The van der Waals surface area contributed by atoms with Crippen LogP contribution < -0.4 is 4.74 Å². The van der Waals surface area contributed by atoms with Gasteiger partial charge < -0.3 is 14.6 Å². The molecule has 0 atom stereocenters. The van der Waals surface area contributed by atoms with E-state index in [0.29, 0.717) is 0 Å². The Hall–Kier alpha value is -2.37. The lowest BCUT2D eigenvalue weighted by Gasteiger charge is -2.08. The largest absolute Gasteiger partial charge is 0.481 e. The molecule has 0 amide bonds. The second-order valence-electron chi connectivity index (χ2n) is 3.71. The lowest BCUT2D eigenvalue weighted by atomic mass is 10.2. The van der Waals surface area contributed by atoms with Gasteiger partial charge in [0.2, 0.25) is 0 Å². The summed E-state index contributed by atoms with van der Waals surface area (Å²) in [5.74, 6) is -2.05. The maximum Gasteiger partial charge on any atom is 0.341 e. The number of carbonyl (C=O) groups excluding carboxylic acids is 2. The lowest BCUT2D eigenvalue weighted by Crippen LogP contribution is -2.12. The van der Waals surface area contributed by atoms with Crippen LogP contribution in [-0.2, 0) is 14.3 Å². The molecule has 0 aliphatic heterocycles. The molecule has 1 N–H and O–H groups in total. The number of carboxylic acids is 1. The van der Waals surface area contributed by atoms with Gasteiger partial charge in [-0.1, -0.05) is 12.1 Å². The van der Waals surface area contributed by atoms with Gasteiger partial charge in [-0.3, -0.25) is 9.59 Å². The molecule has 0 saturated carbocycles. The van der Waals surface area contributed by atoms with Crippen molar-refractivity contribution in [2.45, 2.75) is 19.3 Å². The second-order valence-corrected chi connectivity index (χ2v) is 3.71. The molecule has 0 heterocycles. The summed E-state index contributed by atoms with van der Waals surface area (Å²) >= 11 is 0. The first kappa shape index (κ1) is 14.7. The van der Waals surface area contributed by atoms with E-state index in [1.54, 1.807) is 12.1 Å². The average molecular weight is 266 g/mol. The number of aliphatic carboxylic acids is 1. The third kappa shape index (κ3) is 4.79. The van der Waals surface area contributed by atoms with E-state index in [9.17, 15) is 14.4 Å². The van der Waals surface area contributed by atoms with Crippen LogP contribution in [0.4, 0.5) is 0 Å². The molecule has 1 rings (SSSR count). The number of para-hydroxylation sites is 1. The normalized spacial score (nSPS) is 9.74. The summed E-state index contributed by atoms with van der Waals surface area (Å²) in [4.78, 5) is 33.2. The number of methoxy groups -OCH3 is 1. The Bertz CT molecular complexity index is 480. The summed E-state index contributed by atoms with van der Waals surface area (Å²) in [5, 5.41) is 8.45. The number of carbonyl (C=O) groups is 3.